The number of hydrogen-bond acceptors (Lipinski definition) is 2. The van der Waals surface area contributed by atoms with Crippen molar-refractivity contribution < 1.29 is 5.17 Å². The second-order valence-corrected chi connectivity index (χ2v) is 5.15. The van der Waals surface area contributed by atoms with Crippen LogP contribution in [0.3, 0.4) is 0 Å². The summed E-state index contributed by atoms with van der Waals surface area (Å²) in [4.78, 5) is 0. The molecule has 0 spiro atoms. The van der Waals surface area contributed by atoms with Crippen LogP contribution in [0.15, 0.2) is 54.6 Å². The van der Waals surface area contributed by atoms with Crippen molar-refractivity contribution in [1.82, 2.24) is 0 Å². The lowest BCUT2D eigenvalue weighted by molar-refractivity contribution is -0.800. The SMILES string of the molecule is C[NH+]([O-])Nc1ccc2ccc3cccc4ccc1c2c34. The maximum Gasteiger partial charge on any atom is 0.0931 e. The smallest absolute Gasteiger partial charge is 0.0931 e. The summed E-state index contributed by atoms with van der Waals surface area (Å²) in [5.41, 5.74) is 3.80. The van der Waals surface area contributed by atoms with Gasteiger partial charge in [-0.15, -0.1) is 0 Å². The third kappa shape index (κ3) is 1.54. The van der Waals surface area contributed by atoms with Crippen LogP contribution in [-0.2, 0) is 0 Å². The summed E-state index contributed by atoms with van der Waals surface area (Å²) in [6.45, 7) is 0. The molecule has 98 valence electrons. The minimum Gasteiger partial charge on any atom is -0.608 e. The molecule has 0 fully saturated rings. The maximum atomic E-state index is 11.4. The predicted octanol–water partition coefficient (Wildman–Crippen LogP) is 2.92. The zero-order valence-corrected chi connectivity index (χ0v) is 11.1. The average Bonchev–Trinajstić information content (AvgIpc) is 2.46. The molecule has 4 aromatic carbocycles. The van der Waals surface area contributed by atoms with Crippen LogP contribution in [0.4, 0.5) is 5.69 Å². The van der Waals surface area contributed by atoms with E-state index < -0.39 is 0 Å². The molecule has 0 saturated carbocycles. The Bertz CT molecular complexity index is 899. The maximum absolute atomic E-state index is 11.4. The molecule has 3 nitrogen and oxygen atoms in total. The molecule has 0 aromatic heterocycles. The van der Waals surface area contributed by atoms with Crippen molar-refractivity contribution in [2.75, 3.05) is 12.5 Å². The molecule has 4 rings (SSSR count). The number of hydrogen-bond donors (Lipinski definition) is 2. The third-order valence-electron chi connectivity index (χ3n) is 3.84. The fourth-order valence-electron chi connectivity index (χ4n) is 3.03. The summed E-state index contributed by atoms with van der Waals surface area (Å²) in [5.74, 6) is 0. The first kappa shape index (κ1) is 11.5. The van der Waals surface area contributed by atoms with E-state index in [-0.39, 0.29) is 5.17 Å². The fraction of sp³-hybridized carbons (Fsp3) is 0.0588. The molecule has 1 atom stereocenters. The number of anilines is 1. The molecule has 3 heteroatoms. The summed E-state index contributed by atoms with van der Waals surface area (Å²) in [7, 11) is 1.54. The lowest BCUT2D eigenvalue weighted by Crippen LogP contribution is -3.07. The first-order valence-corrected chi connectivity index (χ1v) is 6.68. The highest BCUT2D eigenvalue weighted by atomic mass is 16.5. The van der Waals surface area contributed by atoms with E-state index in [9.17, 15) is 5.21 Å². The number of nitrogens with one attached hydrogen (secondary N) is 2. The largest absolute Gasteiger partial charge is 0.608 e. The molecule has 0 aliphatic carbocycles. The molecule has 0 aliphatic heterocycles. The van der Waals surface area contributed by atoms with Gasteiger partial charge in [-0.3, -0.25) is 5.17 Å². The molecule has 0 saturated heterocycles. The molecule has 20 heavy (non-hydrogen) atoms. The van der Waals surface area contributed by atoms with E-state index in [2.05, 4.69) is 54.0 Å². The minimum atomic E-state index is -0.0416. The van der Waals surface area contributed by atoms with Crippen molar-refractivity contribution in [3.8, 4) is 0 Å². The average molecular weight is 262 g/mol. The summed E-state index contributed by atoms with van der Waals surface area (Å²) in [6, 6.07) is 18.9. The third-order valence-corrected chi connectivity index (χ3v) is 3.84. The van der Waals surface area contributed by atoms with Crippen molar-refractivity contribution >= 4 is 38.0 Å². The van der Waals surface area contributed by atoms with Crippen LogP contribution in [-0.4, -0.2) is 7.05 Å². The summed E-state index contributed by atoms with van der Waals surface area (Å²) in [6.07, 6.45) is 0. The first-order chi connectivity index (χ1) is 9.74. The van der Waals surface area contributed by atoms with Gasteiger partial charge in [0.1, 0.15) is 0 Å². The van der Waals surface area contributed by atoms with Crippen molar-refractivity contribution in [3.63, 3.8) is 0 Å². The Morgan fingerprint density at radius 3 is 2.10 bits per heavy atom. The Morgan fingerprint density at radius 1 is 0.800 bits per heavy atom. The van der Waals surface area contributed by atoms with E-state index in [4.69, 9.17) is 0 Å². The minimum absolute atomic E-state index is 0.0416. The van der Waals surface area contributed by atoms with Crippen molar-refractivity contribution in [1.29, 1.82) is 0 Å². The van der Waals surface area contributed by atoms with Gasteiger partial charge in [-0.25, -0.2) is 5.43 Å². The lowest BCUT2D eigenvalue weighted by Gasteiger charge is -2.20. The van der Waals surface area contributed by atoms with Gasteiger partial charge in [0.05, 0.1) is 12.7 Å². The number of rotatable bonds is 2. The molecular formula is C17H14N2O. The van der Waals surface area contributed by atoms with Gasteiger partial charge in [0, 0.05) is 5.39 Å². The fourth-order valence-corrected chi connectivity index (χ4v) is 3.03. The first-order valence-electron chi connectivity index (χ1n) is 6.68. The van der Waals surface area contributed by atoms with Gasteiger partial charge in [0.25, 0.3) is 0 Å². The number of benzene rings is 4. The topological polar surface area (TPSA) is 39.5 Å². The van der Waals surface area contributed by atoms with Crippen molar-refractivity contribution in [3.05, 3.63) is 59.8 Å². The number of hydroxylamine groups is 1. The highest BCUT2D eigenvalue weighted by molar-refractivity contribution is 6.25. The van der Waals surface area contributed by atoms with Gasteiger partial charge in [-0.1, -0.05) is 48.5 Å². The molecule has 1 unspecified atom stereocenters. The molecule has 0 bridgehead atoms. The second kappa shape index (κ2) is 4.07. The molecule has 4 aromatic rings. The standard InChI is InChI=1S/C17H14N2O/c1-19(20)18-15-10-8-13-6-5-11-3-2-4-12-7-9-14(15)17(13)16(11)12/h2-10,18-19H,1H3. The normalized spacial score (nSPS) is 13.3. The van der Waals surface area contributed by atoms with Crippen LogP contribution >= 0.6 is 0 Å². The Labute approximate surface area is 116 Å². The summed E-state index contributed by atoms with van der Waals surface area (Å²) >= 11 is 0. The van der Waals surface area contributed by atoms with Gasteiger partial charge in [-0.05, 0) is 33.0 Å². The Kier molecular flexibility index (Phi) is 2.33. The molecule has 0 amide bonds. The van der Waals surface area contributed by atoms with Gasteiger partial charge >= 0.3 is 0 Å². The highest BCUT2D eigenvalue weighted by Gasteiger charge is 2.10. The Hall–Kier alpha value is -2.36. The van der Waals surface area contributed by atoms with Gasteiger partial charge in [-0.2, -0.15) is 0 Å². The van der Waals surface area contributed by atoms with E-state index in [0.29, 0.717) is 0 Å². The quantitative estimate of drug-likeness (QED) is 0.430. The second-order valence-electron chi connectivity index (χ2n) is 5.15. The molecule has 0 radical (unpaired) electrons. The summed E-state index contributed by atoms with van der Waals surface area (Å²) < 4.78 is 0. The number of quaternary nitrogens is 1. The van der Waals surface area contributed by atoms with E-state index in [0.717, 1.165) is 11.1 Å². The van der Waals surface area contributed by atoms with E-state index in [1.165, 1.54) is 34.0 Å². The van der Waals surface area contributed by atoms with Gasteiger partial charge in [0.2, 0.25) is 0 Å². The summed E-state index contributed by atoms with van der Waals surface area (Å²) in [5, 5.41) is 18.6. The van der Waals surface area contributed by atoms with Gasteiger partial charge < -0.3 is 5.21 Å². The van der Waals surface area contributed by atoms with Crippen LogP contribution in [0.25, 0.3) is 32.3 Å². The zero-order valence-electron chi connectivity index (χ0n) is 11.1. The van der Waals surface area contributed by atoms with Crippen molar-refractivity contribution in [2.45, 2.75) is 0 Å². The molecule has 2 N–H and O–H groups in total. The zero-order chi connectivity index (χ0) is 13.7. The van der Waals surface area contributed by atoms with Crippen LogP contribution in [0.5, 0.6) is 0 Å². The Morgan fingerprint density at radius 2 is 1.40 bits per heavy atom. The van der Waals surface area contributed by atoms with Crippen LogP contribution in [0.2, 0.25) is 0 Å². The van der Waals surface area contributed by atoms with Crippen LogP contribution in [0, 0.1) is 5.21 Å². The molecule has 0 aliphatic rings. The van der Waals surface area contributed by atoms with Crippen LogP contribution < -0.4 is 10.6 Å². The Balaban J connectivity index is 2.20. The van der Waals surface area contributed by atoms with E-state index >= 15 is 0 Å². The predicted molar refractivity (Wildman–Crippen MR) is 84.0 cm³/mol. The van der Waals surface area contributed by atoms with Crippen LogP contribution in [0.1, 0.15) is 0 Å². The lowest BCUT2D eigenvalue weighted by atomic mass is 9.94. The van der Waals surface area contributed by atoms with Gasteiger partial charge in [0.15, 0.2) is 0 Å². The molecule has 0 heterocycles. The monoisotopic (exact) mass is 262 g/mol. The van der Waals surface area contributed by atoms with E-state index in [1.54, 1.807) is 0 Å². The van der Waals surface area contributed by atoms with Crippen molar-refractivity contribution in [2.24, 2.45) is 0 Å². The highest BCUT2D eigenvalue weighted by Crippen LogP contribution is 2.37. The van der Waals surface area contributed by atoms with E-state index in [1.807, 2.05) is 6.07 Å². The molecular weight excluding hydrogens is 248 g/mol.